The quantitative estimate of drug-likeness (QED) is 0.882. The summed E-state index contributed by atoms with van der Waals surface area (Å²) in [5.41, 5.74) is 1.27. The van der Waals surface area contributed by atoms with E-state index in [1.165, 1.54) is 11.5 Å². The molecule has 5 heteroatoms. The lowest BCUT2D eigenvalue weighted by Crippen LogP contribution is -2.04. The average molecular weight is 236 g/mol. The zero-order chi connectivity index (χ0) is 11.4. The first-order valence-corrected chi connectivity index (χ1v) is 5.83. The van der Waals surface area contributed by atoms with Crippen molar-refractivity contribution in [2.45, 2.75) is 13.0 Å². The van der Waals surface area contributed by atoms with E-state index in [2.05, 4.69) is 9.59 Å². The largest absolute Gasteiger partial charge is 0.493 e. The highest BCUT2D eigenvalue weighted by atomic mass is 32.1. The highest BCUT2D eigenvalue weighted by Crippen LogP contribution is 2.29. The van der Waals surface area contributed by atoms with Crippen LogP contribution in [-0.4, -0.2) is 21.3 Å². The van der Waals surface area contributed by atoms with Gasteiger partial charge in [0.1, 0.15) is 17.5 Å². The van der Waals surface area contributed by atoms with Crippen molar-refractivity contribution < 1.29 is 9.84 Å². The number of aromatic nitrogens is 2. The van der Waals surface area contributed by atoms with Crippen LogP contribution in [0.3, 0.4) is 0 Å². The van der Waals surface area contributed by atoms with Crippen LogP contribution < -0.4 is 4.74 Å². The summed E-state index contributed by atoms with van der Waals surface area (Å²) in [7, 11) is 0. The fraction of sp³-hybridized carbons (Fsp3) is 0.273. The van der Waals surface area contributed by atoms with E-state index in [9.17, 15) is 5.11 Å². The van der Waals surface area contributed by atoms with Crippen molar-refractivity contribution in [3.8, 4) is 5.75 Å². The van der Waals surface area contributed by atoms with Gasteiger partial charge in [-0.1, -0.05) is 22.7 Å². The number of ether oxygens (including phenoxy) is 1. The molecule has 0 radical (unpaired) electrons. The fourth-order valence-corrected chi connectivity index (χ4v) is 1.92. The van der Waals surface area contributed by atoms with Gasteiger partial charge in [0.15, 0.2) is 0 Å². The predicted octanol–water partition coefficient (Wildman–Crippen LogP) is 2.02. The Morgan fingerprint density at radius 1 is 1.44 bits per heavy atom. The second-order valence-corrected chi connectivity index (χ2v) is 3.81. The third-order valence-corrected chi connectivity index (χ3v) is 2.69. The highest BCUT2D eigenvalue weighted by molar-refractivity contribution is 7.03. The standard InChI is InChI=1S/C11H12N2O2S/c1-2-15-10-6-4-3-5-8(10)11(14)9-7-16-13-12-9/h3-7,11,14H,2H2,1H3. The average Bonchev–Trinajstić information content (AvgIpc) is 2.83. The number of aliphatic hydroxyl groups excluding tert-OH is 1. The van der Waals surface area contributed by atoms with Crippen molar-refractivity contribution in [1.29, 1.82) is 0 Å². The Bertz CT molecular complexity index is 445. The topological polar surface area (TPSA) is 55.2 Å². The molecule has 0 amide bonds. The van der Waals surface area contributed by atoms with Gasteiger partial charge in [0.2, 0.25) is 0 Å². The van der Waals surface area contributed by atoms with Gasteiger partial charge in [-0.05, 0) is 24.5 Å². The number of hydrogen-bond acceptors (Lipinski definition) is 5. The Morgan fingerprint density at radius 2 is 2.25 bits per heavy atom. The van der Waals surface area contributed by atoms with E-state index in [1.807, 2.05) is 31.2 Å². The highest BCUT2D eigenvalue weighted by Gasteiger charge is 2.17. The van der Waals surface area contributed by atoms with Gasteiger partial charge in [0, 0.05) is 10.9 Å². The van der Waals surface area contributed by atoms with Crippen LogP contribution in [0.4, 0.5) is 0 Å². The van der Waals surface area contributed by atoms with Crippen LogP contribution >= 0.6 is 11.5 Å². The van der Waals surface area contributed by atoms with Crippen molar-refractivity contribution >= 4 is 11.5 Å². The number of para-hydroxylation sites is 1. The van der Waals surface area contributed by atoms with Gasteiger partial charge in [0.25, 0.3) is 0 Å². The molecule has 0 fully saturated rings. The zero-order valence-corrected chi connectivity index (χ0v) is 9.65. The third kappa shape index (κ3) is 2.20. The summed E-state index contributed by atoms with van der Waals surface area (Å²) in [5, 5.41) is 15.7. The van der Waals surface area contributed by atoms with Crippen LogP contribution in [0, 0.1) is 0 Å². The number of hydrogen-bond donors (Lipinski definition) is 1. The summed E-state index contributed by atoms with van der Waals surface area (Å²) < 4.78 is 9.19. The van der Waals surface area contributed by atoms with Gasteiger partial charge in [-0.15, -0.1) is 5.10 Å². The van der Waals surface area contributed by atoms with Crippen molar-refractivity contribution in [2.75, 3.05) is 6.61 Å². The Labute approximate surface area is 97.7 Å². The zero-order valence-electron chi connectivity index (χ0n) is 8.83. The van der Waals surface area contributed by atoms with Crippen molar-refractivity contribution in [3.05, 3.63) is 40.9 Å². The van der Waals surface area contributed by atoms with Gasteiger partial charge in [-0.25, -0.2) is 0 Å². The monoisotopic (exact) mass is 236 g/mol. The van der Waals surface area contributed by atoms with Crippen molar-refractivity contribution in [3.63, 3.8) is 0 Å². The molecule has 0 spiro atoms. The fourth-order valence-electron chi connectivity index (χ4n) is 1.44. The minimum atomic E-state index is -0.776. The minimum absolute atomic E-state index is 0.553. The molecule has 0 aliphatic carbocycles. The maximum absolute atomic E-state index is 10.1. The van der Waals surface area contributed by atoms with Crippen LogP contribution in [0.25, 0.3) is 0 Å². The van der Waals surface area contributed by atoms with Crippen LogP contribution in [0.15, 0.2) is 29.6 Å². The molecule has 16 heavy (non-hydrogen) atoms. The lowest BCUT2D eigenvalue weighted by Gasteiger charge is -2.13. The van der Waals surface area contributed by atoms with E-state index in [0.717, 1.165) is 5.56 Å². The summed E-state index contributed by atoms with van der Waals surface area (Å²) >= 11 is 1.22. The first kappa shape index (κ1) is 11.0. The lowest BCUT2D eigenvalue weighted by atomic mass is 10.1. The molecule has 0 aliphatic heterocycles. The Balaban J connectivity index is 2.32. The maximum atomic E-state index is 10.1. The van der Waals surface area contributed by atoms with E-state index in [4.69, 9.17) is 4.74 Å². The van der Waals surface area contributed by atoms with Crippen LogP contribution in [0.2, 0.25) is 0 Å². The van der Waals surface area contributed by atoms with E-state index >= 15 is 0 Å². The molecule has 1 unspecified atom stereocenters. The maximum Gasteiger partial charge on any atom is 0.127 e. The molecule has 1 N–H and O–H groups in total. The van der Waals surface area contributed by atoms with E-state index in [-0.39, 0.29) is 0 Å². The Hall–Kier alpha value is -1.46. The number of aliphatic hydroxyl groups is 1. The predicted molar refractivity (Wildman–Crippen MR) is 61.6 cm³/mol. The molecule has 4 nitrogen and oxygen atoms in total. The van der Waals surface area contributed by atoms with Gasteiger partial charge in [0.05, 0.1) is 6.61 Å². The number of benzene rings is 1. The molecule has 0 bridgehead atoms. The SMILES string of the molecule is CCOc1ccccc1C(O)c1csnn1. The lowest BCUT2D eigenvalue weighted by molar-refractivity contribution is 0.207. The van der Waals surface area contributed by atoms with Gasteiger partial charge in [-0.2, -0.15) is 0 Å². The van der Waals surface area contributed by atoms with Gasteiger partial charge >= 0.3 is 0 Å². The first-order chi connectivity index (χ1) is 7.83. The van der Waals surface area contributed by atoms with Gasteiger partial charge < -0.3 is 9.84 Å². The van der Waals surface area contributed by atoms with E-state index in [0.29, 0.717) is 18.1 Å². The Morgan fingerprint density at radius 3 is 2.94 bits per heavy atom. The second kappa shape index (κ2) is 5.05. The molecule has 0 saturated carbocycles. The summed E-state index contributed by atoms with van der Waals surface area (Å²) in [6.45, 7) is 2.48. The normalized spacial score (nSPS) is 12.4. The first-order valence-electron chi connectivity index (χ1n) is 4.99. The molecule has 1 heterocycles. The van der Waals surface area contributed by atoms with Crippen LogP contribution in [-0.2, 0) is 0 Å². The summed E-state index contributed by atoms with van der Waals surface area (Å²) in [4.78, 5) is 0. The Kier molecular flexibility index (Phi) is 3.48. The third-order valence-electron chi connectivity index (χ3n) is 2.17. The molecule has 2 rings (SSSR count). The summed E-state index contributed by atoms with van der Waals surface area (Å²) in [5.74, 6) is 0.686. The minimum Gasteiger partial charge on any atom is -0.493 e. The van der Waals surface area contributed by atoms with Crippen molar-refractivity contribution in [1.82, 2.24) is 9.59 Å². The summed E-state index contributed by atoms with van der Waals surface area (Å²) in [6, 6.07) is 7.40. The van der Waals surface area contributed by atoms with Gasteiger partial charge in [-0.3, -0.25) is 0 Å². The molecule has 0 aliphatic rings. The molecular weight excluding hydrogens is 224 g/mol. The second-order valence-electron chi connectivity index (χ2n) is 3.20. The molecule has 1 atom stereocenters. The molecule has 2 aromatic rings. The van der Waals surface area contributed by atoms with Crippen LogP contribution in [0.1, 0.15) is 24.3 Å². The van der Waals surface area contributed by atoms with Crippen LogP contribution in [0.5, 0.6) is 5.75 Å². The number of nitrogens with zero attached hydrogens (tertiary/aromatic N) is 2. The van der Waals surface area contributed by atoms with E-state index < -0.39 is 6.10 Å². The molecule has 1 aromatic heterocycles. The molecule has 84 valence electrons. The molecule has 1 aromatic carbocycles. The number of rotatable bonds is 4. The van der Waals surface area contributed by atoms with E-state index in [1.54, 1.807) is 5.38 Å². The molecule has 0 saturated heterocycles. The van der Waals surface area contributed by atoms with Crippen molar-refractivity contribution in [2.24, 2.45) is 0 Å². The summed E-state index contributed by atoms with van der Waals surface area (Å²) in [6.07, 6.45) is -0.776. The smallest absolute Gasteiger partial charge is 0.127 e. The molecular formula is C11H12N2O2S.